The van der Waals surface area contributed by atoms with Crippen molar-refractivity contribution in [3.05, 3.63) is 0 Å². The standard InChI is InChI=1S/C6H16N2.2ClH/c1-5(2)3-6(8)4-7;;/h5-6H,3-4,7-8H2,1-2H3;2*1H. The van der Waals surface area contributed by atoms with Gasteiger partial charge in [-0.05, 0) is 12.3 Å². The highest BCUT2D eigenvalue weighted by atomic mass is 35.5. The molecule has 4 heteroatoms. The van der Waals surface area contributed by atoms with Gasteiger partial charge in [-0.1, -0.05) is 13.8 Å². The first-order chi connectivity index (χ1) is 3.66. The second-order valence-corrected chi connectivity index (χ2v) is 2.63. The van der Waals surface area contributed by atoms with Gasteiger partial charge in [0.1, 0.15) is 0 Å². The maximum Gasteiger partial charge on any atom is 0.0165 e. The van der Waals surface area contributed by atoms with E-state index in [0.29, 0.717) is 12.5 Å². The Bertz CT molecular complexity index is 59.7. The zero-order valence-electron chi connectivity index (χ0n) is 6.54. The van der Waals surface area contributed by atoms with E-state index in [1.807, 2.05) is 0 Å². The molecule has 0 amide bonds. The molecule has 0 aliphatic heterocycles. The number of hydrogen-bond acceptors (Lipinski definition) is 2. The van der Waals surface area contributed by atoms with E-state index in [9.17, 15) is 0 Å². The molecule has 0 aliphatic carbocycles. The summed E-state index contributed by atoms with van der Waals surface area (Å²) >= 11 is 0. The van der Waals surface area contributed by atoms with Gasteiger partial charge in [0.05, 0.1) is 0 Å². The zero-order valence-corrected chi connectivity index (χ0v) is 8.17. The van der Waals surface area contributed by atoms with Crippen LogP contribution in [0.25, 0.3) is 0 Å². The molecular weight excluding hydrogens is 171 g/mol. The van der Waals surface area contributed by atoms with E-state index < -0.39 is 0 Å². The van der Waals surface area contributed by atoms with E-state index in [1.54, 1.807) is 0 Å². The third-order valence-corrected chi connectivity index (χ3v) is 1.08. The number of nitrogens with two attached hydrogens (primary N) is 2. The molecule has 0 aliphatic rings. The Morgan fingerprint density at radius 2 is 1.60 bits per heavy atom. The van der Waals surface area contributed by atoms with Crippen LogP contribution >= 0.6 is 24.8 Å². The summed E-state index contributed by atoms with van der Waals surface area (Å²) in [5.41, 5.74) is 10.8. The second kappa shape index (κ2) is 9.50. The molecule has 0 spiro atoms. The SMILES string of the molecule is CC(C)CC(N)CN.Cl.Cl. The van der Waals surface area contributed by atoms with Crippen LogP contribution in [0.2, 0.25) is 0 Å². The monoisotopic (exact) mass is 188 g/mol. The molecule has 0 aromatic heterocycles. The molecular formula is C6H18Cl2N2. The highest BCUT2D eigenvalue weighted by Crippen LogP contribution is 2.00. The van der Waals surface area contributed by atoms with Gasteiger partial charge in [0, 0.05) is 12.6 Å². The largest absolute Gasteiger partial charge is 0.329 e. The summed E-state index contributed by atoms with van der Waals surface area (Å²) in [7, 11) is 0. The van der Waals surface area contributed by atoms with Gasteiger partial charge in [0.25, 0.3) is 0 Å². The maximum absolute atomic E-state index is 5.55. The molecule has 1 atom stereocenters. The Balaban J connectivity index is -0.000000245. The average Bonchev–Trinajstić information content (AvgIpc) is 1.65. The van der Waals surface area contributed by atoms with Gasteiger partial charge >= 0.3 is 0 Å². The molecule has 0 aromatic carbocycles. The summed E-state index contributed by atoms with van der Waals surface area (Å²) in [5, 5.41) is 0. The van der Waals surface area contributed by atoms with Crippen molar-refractivity contribution in [2.24, 2.45) is 17.4 Å². The Morgan fingerprint density at radius 3 is 1.70 bits per heavy atom. The van der Waals surface area contributed by atoms with Gasteiger partial charge in [-0.15, -0.1) is 24.8 Å². The van der Waals surface area contributed by atoms with Gasteiger partial charge in [-0.2, -0.15) is 0 Å². The lowest BCUT2D eigenvalue weighted by molar-refractivity contribution is 0.501. The molecule has 2 nitrogen and oxygen atoms in total. The van der Waals surface area contributed by atoms with Crippen LogP contribution in [-0.2, 0) is 0 Å². The molecule has 0 fully saturated rings. The Hall–Kier alpha value is 0.500. The van der Waals surface area contributed by atoms with Crippen LogP contribution in [0.1, 0.15) is 20.3 Å². The van der Waals surface area contributed by atoms with Crippen LogP contribution in [0.4, 0.5) is 0 Å². The lowest BCUT2D eigenvalue weighted by Crippen LogP contribution is -2.30. The lowest BCUT2D eigenvalue weighted by Gasteiger charge is -2.09. The highest BCUT2D eigenvalue weighted by Gasteiger charge is 2.00. The minimum Gasteiger partial charge on any atom is -0.329 e. The van der Waals surface area contributed by atoms with Crippen LogP contribution < -0.4 is 11.5 Å². The number of hydrogen-bond donors (Lipinski definition) is 2. The van der Waals surface area contributed by atoms with E-state index in [1.165, 1.54) is 0 Å². The average molecular weight is 189 g/mol. The molecule has 0 radical (unpaired) electrons. The van der Waals surface area contributed by atoms with Crippen LogP contribution in [0.15, 0.2) is 0 Å². The summed E-state index contributed by atoms with van der Waals surface area (Å²) in [6.45, 7) is 4.91. The van der Waals surface area contributed by atoms with Crippen LogP contribution in [-0.4, -0.2) is 12.6 Å². The zero-order chi connectivity index (χ0) is 6.57. The predicted octanol–water partition coefficient (Wildman–Crippen LogP) is 1.16. The molecule has 0 saturated carbocycles. The van der Waals surface area contributed by atoms with Crippen molar-refractivity contribution in [2.75, 3.05) is 6.54 Å². The van der Waals surface area contributed by atoms with Crippen molar-refractivity contribution in [3.8, 4) is 0 Å². The van der Waals surface area contributed by atoms with Crippen molar-refractivity contribution >= 4 is 24.8 Å². The van der Waals surface area contributed by atoms with E-state index in [-0.39, 0.29) is 30.9 Å². The quantitative estimate of drug-likeness (QED) is 0.699. The summed E-state index contributed by atoms with van der Waals surface area (Å²) in [5.74, 6) is 0.675. The molecule has 10 heavy (non-hydrogen) atoms. The fourth-order valence-electron chi connectivity index (χ4n) is 0.702. The molecule has 0 aromatic rings. The van der Waals surface area contributed by atoms with Gasteiger partial charge in [0.15, 0.2) is 0 Å². The first-order valence-electron chi connectivity index (χ1n) is 3.12. The summed E-state index contributed by atoms with van der Waals surface area (Å²) in [6, 6.07) is 0.204. The molecule has 1 unspecified atom stereocenters. The van der Waals surface area contributed by atoms with Gasteiger partial charge in [-0.25, -0.2) is 0 Å². The minimum absolute atomic E-state index is 0. The third kappa shape index (κ3) is 11.3. The van der Waals surface area contributed by atoms with Gasteiger partial charge in [-0.3, -0.25) is 0 Å². The normalized spacial score (nSPS) is 11.7. The Labute approximate surface area is 75.5 Å². The highest BCUT2D eigenvalue weighted by molar-refractivity contribution is 5.85. The fourth-order valence-corrected chi connectivity index (χ4v) is 0.702. The van der Waals surface area contributed by atoms with Crippen molar-refractivity contribution in [3.63, 3.8) is 0 Å². The molecule has 0 saturated heterocycles. The lowest BCUT2D eigenvalue weighted by atomic mass is 10.1. The minimum atomic E-state index is 0. The Morgan fingerprint density at radius 1 is 1.20 bits per heavy atom. The van der Waals surface area contributed by atoms with Gasteiger partial charge < -0.3 is 11.5 Å². The third-order valence-electron chi connectivity index (χ3n) is 1.08. The number of rotatable bonds is 3. The first kappa shape index (κ1) is 16.8. The van der Waals surface area contributed by atoms with Crippen molar-refractivity contribution in [2.45, 2.75) is 26.3 Å². The molecule has 66 valence electrons. The van der Waals surface area contributed by atoms with Crippen LogP contribution in [0.3, 0.4) is 0 Å². The first-order valence-corrected chi connectivity index (χ1v) is 3.12. The van der Waals surface area contributed by atoms with E-state index in [0.717, 1.165) is 6.42 Å². The van der Waals surface area contributed by atoms with E-state index in [2.05, 4.69) is 13.8 Å². The molecule has 0 bridgehead atoms. The maximum atomic E-state index is 5.55. The Kier molecular flexibility index (Phi) is 16.0. The summed E-state index contributed by atoms with van der Waals surface area (Å²) < 4.78 is 0. The molecule has 4 N–H and O–H groups in total. The van der Waals surface area contributed by atoms with Gasteiger partial charge in [0.2, 0.25) is 0 Å². The van der Waals surface area contributed by atoms with E-state index in [4.69, 9.17) is 11.5 Å². The molecule has 0 rings (SSSR count). The smallest absolute Gasteiger partial charge is 0.0165 e. The van der Waals surface area contributed by atoms with Crippen LogP contribution in [0.5, 0.6) is 0 Å². The topological polar surface area (TPSA) is 52.0 Å². The van der Waals surface area contributed by atoms with Crippen molar-refractivity contribution in [1.82, 2.24) is 0 Å². The summed E-state index contributed by atoms with van der Waals surface area (Å²) in [6.07, 6.45) is 1.04. The van der Waals surface area contributed by atoms with Crippen molar-refractivity contribution in [1.29, 1.82) is 0 Å². The number of halogens is 2. The summed E-state index contributed by atoms with van der Waals surface area (Å²) in [4.78, 5) is 0. The predicted molar refractivity (Wildman–Crippen MR) is 51.0 cm³/mol. The van der Waals surface area contributed by atoms with E-state index >= 15 is 0 Å². The van der Waals surface area contributed by atoms with Crippen LogP contribution in [0, 0.1) is 5.92 Å². The molecule has 0 heterocycles. The van der Waals surface area contributed by atoms with Crippen molar-refractivity contribution < 1.29 is 0 Å². The second-order valence-electron chi connectivity index (χ2n) is 2.63. The fraction of sp³-hybridized carbons (Fsp3) is 1.00.